The Hall–Kier alpha value is -2.46. The number of piperidine rings is 1. The van der Waals surface area contributed by atoms with Crippen LogP contribution in [0.3, 0.4) is 0 Å². The number of rotatable bonds is 6. The summed E-state index contributed by atoms with van der Waals surface area (Å²) in [5.41, 5.74) is 0.477. The second-order valence-electron chi connectivity index (χ2n) is 8.45. The molecular formula is C24H28ClN3O5S. The molecule has 34 heavy (non-hydrogen) atoms. The van der Waals surface area contributed by atoms with E-state index < -0.39 is 16.1 Å². The quantitative estimate of drug-likeness (QED) is 0.650. The van der Waals surface area contributed by atoms with Crippen LogP contribution in [0, 0.1) is 5.92 Å². The molecule has 0 bridgehead atoms. The van der Waals surface area contributed by atoms with Crippen LogP contribution in [-0.2, 0) is 19.6 Å². The van der Waals surface area contributed by atoms with E-state index in [1.165, 1.54) is 16.4 Å². The van der Waals surface area contributed by atoms with Crippen LogP contribution in [0.5, 0.6) is 0 Å². The molecule has 1 atom stereocenters. The molecule has 0 saturated carbocycles. The minimum absolute atomic E-state index is 0.147. The normalized spacial score (nSPS) is 18.9. The van der Waals surface area contributed by atoms with E-state index in [0.29, 0.717) is 49.7 Å². The molecule has 2 amide bonds. The van der Waals surface area contributed by atoms with Crippen molar-refractivity contribution in [3.63, 3.8) is 0 Å². The van der Waals surface area contributed by atoms with Crippen LogP contribution < -0.4 is 5.32 Å². The average Bonchev–Trinajstić information content (AvgIpc) is 2.88. The predicted octanol–water partition coefficient (Wildman–Crippen LogP) is 2.40. The van der Waals surface area contributed by atoms with Crippen LogP contribution in [0.2, 0.25) is 5.02 Å². The van der Waals surface area contributed by atoms with Gasteiger partial charge in [-0.25, -0.2) is 8.42 Å². The molecule has 8 nitrogen and oxygen atoms in total. The monoisotopic (exact) mass is 505 g/mol. The number of amides is 2. The number of hydrogen-bond donors (Lipinski definition) is 1. The van der Waals surface area contributed by atoms with E-state index in [4.69, 9.17) is 16.3 Å². The van der Waals surface area contributed by atoms with Gasteiger partial charge in [-0.3, -0.25) is 9.59 Å². The van der Waals surface area contributed by atoms with Crippen molar-refractivity contribution in [1.29, 1.82) is 0 Å². The fraction of sp³-hybridized carbons (Fsp3) is 0.417. The molecule has 2 fully saturated rings. The van der Waals surface area contributed by atoms with Gasteiger partial charge in [-0.2, -0.15) is 4.31 Å². The first-order valence-electron chi connectivity index (χ1n) is 11.3. The molecule has 0 aromatic heterocycles. The van der Waals surface area contributed by atoms with Crippen LogP contribution in [-0.4, -0.2) is 74.9 Å². The highest BCUT2D eigenvalue weighted by atomic mass is 35.5. The SMILES string of the molecule is O=C(NC(C(=O)N1CCOCC1)C1CCN(S(=O)(=O)c2ccc(Cl)cc2)CC1)c1ccccc1. The summed E-state index contributed by atoms with van der Waals surface area (Å²) in [5.74, 6) is -0.644. The van der Waals surface area contributed by atoms with E-state index in [2.05, 4.69) is 5.32 Å². The number of ether oxygens (including phenoxy) is 1. The van der Waals surface area contributed by atoms with Gasteiger partial charge in [0.25, 0.3) is 5.91 Å². The standard InChI is InChI=1S/C24H28ClN3O5S/c25-20-6-8-21(9-7-20)34(31,32)28-12-10-18(11-13-28)22(24(30)27-14-16-33-17-15-27)26-23(29)19-4-2-1-3-5-19/h1-9,18,22H,10-17H2,(H,26,29). The van der Waals surface area contributed by atoms with Gasteiger partial charge in [0.15, 0.2) is 0 Å². The Kier molecular flexibility index (Phi) is 7.88. The Morgan fingerprint density at radius 2 is 1.56 bits per heavy atom. The van der Waals surface area contributed by atoms with Crippen molar-refractivity contribution in [2.45, 2.75) is 23.8 Å². The molecule has 0 aliphatic carbocycles. The number of carbonyl (C=O) groups excluding carboxylic acids is 2. The highest BCUT2D eigenvalue weighted by molar-refractivity contribution is 7.89. The highest BCUT2D eigenvalue weighted by Crippen LogP contribution is 2.27. The van der Waals surface area contributed by atoms with Crippen molar-refractivity contribution in [2.75, 3.05) is 39.4 Å². The average molecular weight is 506 g/mol. The minimum atomic E-state index is -3.66. The lowest BCUT2D eigenvalue weighted by atomic mass is 9.89. The molecule has 1 N–H and O–H groups in total. The summed E-state index contributed by atoms with van der Waals surface area (Å²) in [4.78, 5) is 28.2. The summed E-state index contributed by atoms with van der Waals surface area (Å²) < 4.78 is 32.9. The first kappa shape index (κ1) is 24.7. The summed E-state index contributed by atoms with van der Waals surface area (Å²) in [6, 6.07) is 14.1. The van der Waals surface area contributed by atoms with Crippen molar-refractivity contribution in [1.82, 2.24) is 14.5 Å². The maximum absolute atomic E-state index is 13.4. The van der Waals surface area contributed by atoms with E-state index in [0.717, 1.165) is 0 Å². The molecule has 0 spiro atoms. The lowest BCUT2D eigenvalue weighted by Gasteiger charge is -2.38. The first-order valence-corrected chi connectivity index (χ1v) is 13.2. The molecule has 2 heterocycles. The number of nitrogens with one attached hydrogen (secondary N) is 1. The van der Waals surface area contributed by atoms with Gasteiger partial charge >= 0.3 is 0 Å². The zero-order valence-corrected chi connectivity index (χ0v) is 20.3. The highest BCUT2D eigenvalue weighted by Gasteiger charge is 2.38. The lowest BCUT2D eigenvalue weighted by Crippen LogP contribution is -2.56. The van der Waals surface area contributed by atoms with Crippen LogP contribution >= 0.6 is 11.6 Å². The molecule has 2 aromatic carbocycles. The zero-order chi connectivity index (χ0) is 24.1. The summed E-state index contributed by atoms with van der Waals surface area (Å²) in [7, 11) is -3.66. The zero-order valence-electron chi connectivity index (χ0n) is 18.7. The van der Waals surface area contributed by atoms with E-state index in [-0.39, 0.29) is 35.7 Å². The number of halogens is 1. The molecule has 4 rings (SSSR count). The third-order valence-corrected chi connectivity index (χ3v) is 8.50. The molecule has 2 aliphatic rings. The molecule has 1 unspecified atom stereocenters. The molecule has 2 aliphatic heterocycles. The predicted molar refractivity (Wildman–Crippen MR) is 128 cm³/mol. The van der Waals surface area contributed by atoms with Gasteiger partial charge in [-0.05, 0) is 55.2 Å². The number of sulfonamides is 1. The minimum Gasteiger partial charge on any atom is -0.378 e. The van der Waals surface area contributed by atoms with Crippen molar-refractivity contribution < 1.29 is 22.7 Å². The maximum Gasteiger partial charge on any atom is 0.251 e. The fourth-order valence-corrected chi connectivity index (χ4v) is 5.98. The molecule has 0 radical (unpaired) electrons. The number of morpholine rings is 1. The fourth-order valence-electron chi connectivity index (χ4n) is 4.38. The van der Waals surface area contributed by atoms with Gasteiger partial charge < -0.3 is 15.0 Å². The van der Waals surface area contributed by atoms with E-state index in [9.17, 15) is 18.0 Å². The van der Waals surface area contributed by atoms with Gasteiger partial charge in [0.2, 0.25) is 15.9 Å². The molecule has 2 aromatic rings. The summed E-state index contributed by atoms with van der Waals surface area (Å²) in [6.45, 7) is 2.40. The Morgan fingerprint density at radius 3 is 2.18 bits per heavy atom. The second kappa shape index (κ2) is 10.9. The second-order valence-corrected chi connectivity index (χ2v) is 10.8. The Balaban J connectivity index is 1.48. The molecular weight excluding hydrogens is 478 g/mol. The Labute approximate surface area is 204 Å². The topological polar surface area (TPSA) is 96.0 Å². The van der Waals surface area contributed by atoms with E-state index in [1.807, 2.05) is 6.07 Å². The molecule has 10 heteroatoms. The van der Waals surface area contributed by atoms with Crippen LogP contribution in [0.15, 0.2) is 59.5 Å². The number of hydrogen-bond acceptors (Lipinski definition) is 5. The van der Waals surface area contributed by atoms with Crippen molar-refractivity contribution in [3.8, 4) is 0 Å². The third kappa shape index (κ3) is 5.60. The van der Waals surface area contributed by atoms with Crippen molar-refractivity contribution in [2.24, 2.45) is 5.92 Å². The van der Waals surface area contributed by atoms with Gasteiger partial charge in [-0.15, -0.1) is 0 Å². The van der Waals surface area contributed by atoms with Gasteiger partial charge in [-0.1, -0.05) is 29.8 Å². The molecule has 2 saturated heterocycles. The Morgan fingerprint density at radius 1 is 0.941 bits per heavy atom. The largest absolute Gasteiger partial charge is 0.378 e. The molecule has 182 valence electrons. The Bertz CT molecular complexity index is 1100. The van der Waals surface area contributed by atoms with E-state index in [1.54, 1.807) is 41.3 Å². The first-order chi connectivity index (χ1) is 16.4. The van der Waals surface area contributed by atoms with Gasteiger partial charge in [0.05, 0.1) is 18.1 Å². The smallest absolute Gasteiger partial charge is 0.251 e. The third-order valence-electron chi connectivity index (χ3n) is 6.33. The van der Waals surface area contributed by atoms with Crippen LogP contribution in [0.4, 0.5) is 0 Å². The van der Waals surface area contributed by atoms with Crippen LogP contribution in [0.25, 0.3) is 0 Å². The summed E-state index contributed by atoms with van der Waals surface area (Å²) in [5, 5.41) is 3.41. The van der Waals surface area contributed by atoms with E-state index >= 15 is 0 Å². The van der Waals surface area contributed by atoms with Crippen molar-refractivity contribution >= 4 is 33.4 Å². The van der Waals surface area contributed by atoms with Gasteiger partial charge in [0, 0.05) is 36.8 Å². The number of carbonyl (C=O) groups is 2. The number of nitrogens with zero attached hydrogens (tertiary/aromatic N) is 2. The summed E-state index contributed by atoms with van der Waals surface area (Å²) in [6.07, 6.45) is 0.922. The lowest BCUT2D eigenvalue weighted by molar-refractivity contribution is -0.139. The maximum atomic E-state index is 13.4. The van der Waals surface area contributed by atoms with Gasteiger partial charge in [0.1, 0.15) is 6.04 Å². The summed E-state index contributed by atoms with van der Waals surface area (Å²) >= 11 is 5.89. The number of benzene rings is 2. The van der Waals surface area contributed by atoms with Crippen molar-refractivity contribution in [3.05, 3.63) is 65.2 Å². The van der Waals surface area contributed by atoms with Crippen LogP contribution in [0.1, 0.15) is 23.2 Å².